The van der Waals surface area contributed by atoms with E-state index in [2.05, 4.69) is 24.4 Å². The van der Waals surface area contributed by atoms with Crippen LogP contribution in [-0.2, 0) is 6.42 Å². The third kappa shape index (κ3) is 2.66. The maximum Gasteiger partial charge on any atom is 0.123 e. The topological polar surface area (TPSA) is 21.3 Å². The van der Waals surface area contributed by atoms with E-state index in [0.29, 0.717) is 0 Å². The lowest BCUT2D eigenvalue weighted by Crippen LogP contribution is -2.18. The largest absolute Gasteiger partial charge is 0.490 e. The lowest BCUT2D eigenvalue weighted by atomic mass is 9.93. The predicted molar refractivity (Wildman–Crippen MR) is 82.3 cm³/mol. The van der Waals surface area contributed by atoms with Gasteiger partial charge in [0, 0.05) is 6.42 Å². The van der Waals surface area contributed by atoms with Crippen LogP contribution < -0.4 is 10.1 Å². The van der Waals surface area contributed by atoms with Crippen molar-refractivity contribution in [2.75, 3.05) is 7.05 Å². The molecule has 0 radical (unpaired) electrons. The van der Waals surface area contributed by atoms with E-state index in [4.69, 9.17) is 4.74 Å². The van der Waals surface area contributed by atoms with E-state index < -0.39 is 0 Å². The van der Waals surface area contributed by atoms with Crippen molar-refractivity contribution >= 4 is 0 Å². The molecule has 0 saturated heterocycles. The number of benzene rings is 2. The van der Waals surface area contributed by atoms with Gasteiger partial charge >= 0.3 is 0 Å². The average molecular weight is 285 g/mol. The minimum absolute atomic E-state index is 0.0619. The number of hydrogen-bond donors (Lipinski definition) is 1. The molecule has 0 fully saturated rings. The molecule has 110 valence electrons. The Bertz CT molecular complexity index is 668. The van der Waals surface area contributed by atoms with E-state index in [1.165, 1.54) is 17.2 Å². The van der Waals surface area contributed by atoms with Crippen LogP contribution in [-0.4, -0.2) is 13.2 Å². The van der Waals surface area contributed by atoms with Crippen LogP contribution in [0.4, 0.5) is 4.39 Å². The van der Waals surface area contributed by atoms with Gasteiger partial charge in [0.15, 0.2) is 0 Å². The van der Waals surface area contributed by atoms with Crippen LogP contribution in [0.15, 0.2) is 36.4 Å². The molecule has 2 nitrogen and oxygen atoms in total. The summed E-state index contributed by atoms with van der Waals surface area (Å²) in [6.45, 7) is 4.03. The number of fused-ring (bicyclic) bond motifs is 1. The van der Waals surface area contributed by atoms with Crippen LogP contribution in [0.25, 0.3) is 0 Å². The highest BCUT2D eigenvalue weighted by Crippen LogP contribution is 2.33. The Morgan fingerprint density at radius 2 is 2.05 bits per heavy atom. The predicted octanol–water partition coefficient (Wildman–Crippen LogP) is 3.77. The minimum atomic E-state index is -0.192. The van der Waals surface area contributed by atoms with Crippen molar-refractivity contribution in [2.24, 2.45) is 0 Å². The molecule has 3 heteroatoms. The third-order valence-corrected chi connectivity index (χ3v) is 4.08. The zero-order valence-corrected chi connectivity index (χ0v) is 12.6. The van der Waals surface area contributed by atoms with E-state index in [0.717, 1.165) is 23.3 Å². The van der Waals surface area contributed by atoms with Gasteiger partial charge in [-0.25, -0.2) is 4.39 Å². The van der Waals surface area contributed by atoms with Crippen molar-refractivity contribution in [3.8, 4) is 5.75 Å². The first kappa shape index (κ1) is 14.1. The number of halogens is 1. The first-order valence-electron chi connectivity index (χ1n) is 7.31. The smallest absolute Gasteiger partial charge is 0.123 e. The van der Waals surface area contributed by atoms with Crippen LogP contribution in [0.3, 0.4) is 0 Å². The van der Waals surface area contributed by atoms with E-state index in [9.17, 15) is 4.39 Å². The van der Waals surface area contributed by atoms with Gasteiger partial charge < -0.3 is 10.1 Å². The fourth-order valence-corrected chi connectivity index (χ4v) is 3.09. The van der Waals surface area contributed by atoms with Crippen LogP contribution in [0.1, 0.15) is 35.2 Å². The molecule has 0 saturated carbocycles. The molecule has 1 aliphatic heterocycles. The van der Waals surface area contributed by atoms with Crippen LogP contribution in [0.5, 0.6) is 5.75 Å². The summed E-state index contributed by atoms with van der Waals surface area (Å²) in [7, 11) is 1.93. The molecule has 2 aromatic carbocycles. The molecule has 0 aromatic heterocycles. The normalized spacial score (nSPS) is 18.2. The van der Waals surface area contributed by atoms with E-state index in [1.54, 1.807) is 6.07 Å². The Morgan fingerprint density at radius 1 is 1.24 bits per heavy atom. The second-order valence-corrected chi connectivity index (χ2v) is 5.72. The van der Waals surface area contributed by atoms with Crippen molar-refractivity contribution in [3.63, 3.8) is 0 Å². The Morgan fingerprint density at radius 3 is 2.76 bits per heavy atom. The minimum Gasteiger partial charge on any atom is -0.490 e. The molecule has 0 bridgehead atoms. The van der Waals surface area contributed by atoms with Gasteiger partial charge in [-0.15, -0.1) is 0 Å². The van der Waals surface area contributed by atoms with Gasteiger partial charge in [0.1, 0.15) is 17.7 Å². The number of hydrogen-bond acceptors (Lipinski definition) is 2. The second-order valence-electron chi connectivity index (χ2n) is 5.72. The van der Waals surface area contributed by atoms with E-state index >= 15 is 0 Å². The number of aryl methyl sites for hydroxylation is 1. The summed E-state index contributed by atoms with van der Waals surface area (Å²) in [4.78, 5) is 0. The van der Waals surface area contributed by atoms with Gasteiger partial charge in [-0.1, -0.05) is 18.2 Å². The first-order chi connectivity index (χ1) is 10.1. The fourth-order valence-electron chi connectivity index (χ4n) is 3.09. The van der Waals surface area contributed by atoms with Gasteiger partial charge in [-0.2, -0.15) is 0 Å². The third-order valence-electron chi connectivity index (χ3n) is 4.08. The van der Waals surface area contributed by atoms with Gasteiger partial charge in [-0.05, 0) is 61.3 Å². The number of ether oxygens (including phenoxy) is 1. The maximum absolute atomic E-state index is 13.3. The quantitative estimate of drug-likeness (QED) is 0.927. The van der Waals surface area contributed by atoms with E-state index in [1.807, 2.05) is 26.1 Å². The highest BCUT2D eigenvalue weighted by atomic mass is 19.1. The van der Waals surface area contributed by atoms with Crippen molar-refractivity contribution in [3.05, 3.63) is 64.5 Å². The van der Waals surface area contributed by atoms with Gasteiger partial charge in [-0.3, -0.25) is 0 Å². The van der Waals surface area contributed by atoms with Crippen molar-refractivity contribution in [2.45, 2.75) is 32.4 Å². The molecule has 2 atom stereocenters. The monoisotopic (exact) mass is 285 g/mol. The lowest BCUT2D eigenvalue weighted by Gasteiger charge is -2.20. The summed E-state index contributed by atoms with van der Waals surface area (Å²) in [5.41, 5.74) is 4.49. The van der Waals surface area contributed by atoms with Gasteiger partial charge in [0.05, 0.1) is 6.04 Å². The SMILES string of the molecule is CNC(c1ccc2c(c1)CC(C)O2)c1ccc(F)cc1C. The molecular formula is C18H20FNO. The molecule has 1 aliphatic rings. The van der Waals surface area contributed by atoms with Crippen molar-refractivity contribution in [1.29, 1.82) is 0 Å². The Hall–Kier alpha value is -1.87. The zero-order chi connectivity index (χ0) is 15.0. The lowest BCUT2D eigenvalue weighted by molar-refractivity contribution is 0.254. The Kier molecular flexibility index (Phi) is 3.68. The number of nitrogens with one attached hydrogen (secondary N) is 1. The first-order valence-corrected chi connectivity index (χ1v) is 7.31. The van der Waals surface area contributed by atoms with Crippen LogP contribution in [0.2, 0.25) is 0 Å². The highest BCUT2D eigenvalue weighted by molar-refractivity contribution is 5.45. The molecule has 0 aliphatic carbocycles. The van der Waals surface area contributed by atoms with Gasteiger partial charge in [0.2, 0.25) is 0 Å². The van der Waals surface area contributed by atoms with Crippen molar-refractivity contribution in [1.82, 2.24) is 5.32 Å². The molecular weight excluding hydrogens is 265 g/mol. The molecule has 2 unspecified atom stereocenters. The molecule has 2 aromatic rings. The van der Waals surface area contributed by atoms with Crippen LogP contribution in [0, 0.1) is 12.7 Å². The van der Waals surface area contributed by atoms with Crippen LogP contribution >= 0.6 is 0 Å². The summed E-state index contributed by atoms with van der Waals surface area (Å²) in [5.74, 6) is 0.791. The molecule has 21 heavy (non-hydrogen) atoms. The molecule has 0 spiro atoms. The standard InChI is InChI=1S/C18H20FNO/c1-11-8-15(19)5-6-16(11)18(20-3)13-4-7-17-14(10-13)9-12(2)21-17/h4-8,10,12,18,20H,9H2,1-3H3. The molecule has 3 rings (SSSR count). The zero-order valence-electron chi connectivity index (χ0n) is 12.6. The number of rotatable bonds is 3. The van der Waals surface area contributed by atoms with Gasteiger partial charge in [0.25, 0.3) is 0 Å². The Labute approximate surface area is 125 Å². The Balaban J connectivity index is 1.99. The maximum atomic E-state index is 13.3. The average Bonchev–Trinajstić information content (AvgIpc) is 2.81. The second kappa shape index (κ2) is 5.49. The summed E-state index contributed by atoms with van der Waals surface area (Å²) in [5, 5.41) is 3.33. The fraction of sp³-hybridized carbons (Fsp3) is 0.333. The van der Waals surface area contributed by atoms with E-state index in [-0.39, 0.29) is 18.0 Å². The molecule has 1 heterocycles. The summed E-state index contributed by atoms with van der Waals surface area (Å²) < 4.78 is 19.1. The summed E-state index contributed by atoms with van der Waals surface area (Å²) in [6, 6.07) is 11.3. The summed E-state index contributed by atoms with van der Waals surface area (Å²) >= 11 is 0. The summed E-state index contributed by atoms with van der Waals surface area (Å²) in [6.07, 6.45) is 1.19. The molecule has 0 amide bonds. The highest BCUT2D eigenvalue weighted by Gasteiger charge is 2.22. The van der Waals surface area contributed by atoms with Crippen molar-refractivity contribution < 1.29 is 9.13 Å². The molecule has 1 N–H and O–H groups in total.